The maximum Gasteiger partial charge on any atom is 0.337 e. The number of piperazine rings is 1. The van der Waals surface area contributed by atoms with E-state index in [0.29, 0.717) is 4.31 Å². The number of rotatable bonds is 4. The molecule has 0 aromatic carbocycles. The number of hydrogen-bond acceptors (Lipinski definition) is 6. The first-order valence-corrected chi connectivity index (χ1v) is 7.60. The predicted octanol–water partition coefficient (Wildman–Crippen LogP) is -2.39. The van der Waals surface area contributed by atoms with Crippen LogP contribution in [-0.4, -0.2) is 78.4 Å². The molecule has 1 heterocycles. The van der Waals surface area contributed by atoms with Crippen molar-refractivity contribution in [3.63, 3.8) is 0 Å². The van der Waals surface area contributed by atoms with Gasteiger partial charge >= 0.3 is 10.3 Å². The highest BCUT2D eigenvalue weighted by atomic mass is 32.2. The van der Waals surface area contributed by atoms with E-state index >= 15 is 0 Å². The van der Waals surface area contributed by atoms with E-state index in [1.54, 1.807) is 0 Å². The molecule has 0 aromatic rings. The van der Waals surface area contributed by atoms with Crippen LogP contribution in [0, 0.1) is 0 Å². The second-order valence-electron chi connectivity index (χ2n) is 3.58. The number of nitrogens with zero attached hydrogens (tertiary/aromatic N) is 2. The van der Waals surface area contributed by atoms with Crippen LogP contribution in [0.3, 0.4) is 0 Å². The highest BCUT2D eigenvalue weighted by molar-refractivity contribution is 7.88. The largest absolute Gasteiger partial charge is 0.395 e. The molecule has 1 rings (SSSR count). The van der Waals surface area contributed by atoms with Crippen LogP contribution in [0.25, 0.3) is 0 Å². The lowest BCUT2D eigenvalue weighted by Crippen LogP contribution is -2.58. The Balaban J connectivity index is 2.96. The van der Waals surface area contributed by atoms with Crippen LogP contribution in [0.2, 0.25) is 0 Å². The summed E-state index contributed by atoms with van der Waals surface area (Å²) >= 11 is 0. The summed E-state index contributed by atoms with van der Waals surface area (Å²) in [6.45, 7) is -0.482. The Hall–Kier alpha value is -0.300. The molecule has 102 valence electrons. The van der Waals surface area contributed by atoms with Crippen LogP contribution < -0.4 is 0 Å². The average molecular weight is 290 g/mol. The van der Waals surface area contributed by atoms with Gasteiger partial charge in [-0.15, -0.1) is 0 Å². The van der Waals surface area contributed by atoms with Crippen LogP contribution >= 0.6 is 0 Å². The number of β-amino-alcohol motifs (C(OH)–C–C–N with tert-alkyl or cyclic N) is 1. The van der Waals surface area contributed by atoms with Gasteiger partial charge < -0.3 is 5.11 Å². The van der Waals surface area contributed by atoms with E-state index in [2.05, 4.69) is 0 Å². The minimum Gasteiger partial charge on any atom is -0.395 e. The quantitative estimate of drug-likeness (QED) is 0.488. The topological polar surface area (TPSA) is 135 Å². The van der Waals surface area contributed by atoms with Crippen LogP contribution in [0.4, 0.5) is 0 Å². The van der Waals surface area contributed by atoms with E-state index in [4.69, 9.17) is 14.2 Å². The Kier molecular flexibility index (Phi) is 4.46. The molecule has 0 aromatic heterocycles. The molecule has 0 spiro atoms. The summed E-state index contributed by atoms with van der Waals surface area (Å²) in [7, 11) is -9.34. The third-order valence-electron chi connectivity index (χ3n) is 2.43. The van der Waals surface area contributed by atoms with Crippen molar-refractivity contribution in [2.24, 2.45) is 0 Å². The van der Waals surface area contributed by atoms with Crippen molar-refractivity contribution in [1.29, 1.82) is 0 Å². The average Bonchev–Trinajstić information content (AvgIpc) is 2.15. The lowest BCUT2D eigenvalue weighted by atomic mass is 10.3. The molecule has 1 saturated heterocycles. The van der Waals surface area contributed by atoms with Crippen molar-refractivity contribution >= 4 is 20.4 Å². The molecule has 1 fully saturated rings. The SMILES string of the molecule is O=S(=O)(O)C1CN(CCO)CCN1S(=O)(=O)O. The zero-order chi connectivity index (χ0) is 13.3. The molecule has 1 aliphatic rings. The van der Waals surface area contributed by atoms with Crippen LogP contribution in [0.15, 0.2) is 0 Å². The first-order chi connectivity index (χ1) is 7.66. The summed E-state index contributed by atoms with van der Waals surface area (Å²) in [6, 6.07) is 0. The standard InChI is InChI=1S/C6H14N2O7S2/c9-4-3-7-1-2-8(17(13,14)15)6(5-7)16(10,11)12/h6,9H,1-5H2,(H,10,11,12)(H,13,14,15). The van der Waals surface area contributed by atoms with Gasteiger partial charge in [-0.25, -0.2) is 0 Å². The molecule has 3 N–H and O–H groups in total. The molecular weight excluding hydrogens is 276 g/mol. The van der Waals surface area contributed by atoms with Crippen molar-refractivity contribution in [1.82, 2.24) is 9.21 Å². The maximum absolute atomic E-state index is 11.0. The molecule has 11 heteroatoms. The molecule has 0 radical (unpaired) electrons. The fourth-order valence-corrected chi connectivity index (χ4v) is 3.77. The summed E-state index contributed by atoms with van der Waals surface area (Å²) in [5.41, 5.74) is 0. The van der Waals surface area contributed by atoms with E-state index in [9.17, 15) is 16.8 Å². The lowest BCUT2D eigenvalue weighted by molar-refractivity contribution is 0.130. The van der Waals surface area contributed by atoms with Crippen LogP contribution in [0.1, 0.15) is 0 Å². The highest BCUT2D eigenvalue weighted by Gasteiger charge is 2.41. The molecular formula is C6H14N2O7S2. The van der Waals surface area contributed by atoms with Gasteiger partial charge in [0.1, 0.15) is 0 Å². The van der Waals surface area contributed by atoms with E-state index in [1.807, 2.05) is 0 Å². The van der Waals surface area contributed by atoms with E-state index in [1.165, 1.54) is 4.90 Å². The molecule has 0 bridgehead atoms. The van der Waals surface area contributed by atoms with Gasteiger partial charge in [0, 0.05) is 26.2 Å². The first kappa shape index (κ1) is 14.8. The molecule has 0 aliphatic carbocycles. The second kappa shape index (κ2) is 5.14. The van der Waals surface area contributed by atoms with Crippen molar-refractivity contribution in [2.75, 3.05) is 32.8 Å². The van der Waals surface area contributed by atoms with Gasteiger partial charge in [-0.2, -0.15) is 21.1 Å². The summed E-state index contributed by atoms with van der Waals surface area (Å²) in [5, 5.41) is 6.95. The Morgan fingerprint density at radius 2 is 1.71 bits per heavy atom. The zero-order valence-corrected chi connectivity index (χ0v) is 10.4. The summed E-state index contributed by atoms with van der Waals surface area (Å²) in [5.74, 6) is 0. The minimum atomic E-state index is -4.69. The Labute approximate surface area is 99.3 Å². The molecule has 1 unspecified atom stereocenters. The van der Waals surface area contributed by atoms with Gasteiger partial charge in [0.05, 0.1) is 6.61 Å². The fourth-order valence-electron chi connectivity index (χ4n) is 1.64. The van der Waals surface area contributed by atoms with Gasteiger partial charge in [-0.05, 0) is 0 Å². The normalized spacial score (nSPS) is 25.0. The van der Waals surface area contributed by atoms with Crippen molar-refractivity contribution in [3.8, 4) is 0 Å². The summed E-state index contributed by atoms with van der Waals surface area (Å²) in [6.07, 6.45) is 0. The number of hydrogen-bond donors (Lipinski definition) is 3. The van der Waals surface area contributed by atoms with Gasteiger partial charge in [0.2, 0.25) is 0 Å². The van der Waals surface area contributed by atoms with E-state index < -0.39 is 25.8 Å². The smallest absolute Gasteiger partial charge is 0.337 e. The summed E-state index contributed by atoms with van der Waals surface area (Å²) in [4.78, 5) is 1.47. The van der Waals surface area contributed by atoms with Gasteiger partial charge in [-0.1, -0.05) is 0 Å². The Morgan fingerprint density at radius 1 is 1.12 bits per heavy atom. The minimum absolute atomic E-state index is 0.158. The first-order valence-electron chi connectivity index (χ1n) is 4.70. The summed E-state index contributed by atoms with van der Waals surface area (Å²) < 4.78 is 62.1. The van der Waals surface area contributed by atoms with Gasteiger partial charge in [0.25, 0.3) is 10.1 Å². The monoisotopic (exact) mass is 290 g/mol. The van der Waals surface area contributed by atoms with Crippen LogP contribution in [0.5, 0.6) is 0 Å². The predicted molar refractivity (Wildman–Crippen MR) is 57.1 cm³/mol. The molecule has 0 saturated carbocycles. The molecule has 9 nitrogen and oxygen atoms in total. The van der Waals surface area contributed by atoms with Crippen molar-refractivity contribution in [2.45, 2.75) is 5.37 Å². The third-order valence-corrected chi connectivity index (χ3v) is 4.68. The third kappa shape index (κ3) is 3.84. The van der Waals surface area contributed by atoms with Crippen LogP contribution in [-0.2, 0) is 20.4 Å². The Morgan fingerprint density at radius 3 is 2.12 bits per heavy atom. The maximum atomic E-state index is 11.0. The van der Waals surface area contributed by atoms with Crippen molar-refractivity contribution in [3.05, 3.63) is 0 Å². The molecule has 1 atom stereocenters. The molecule has 17 heavy (non-hydrogen) atoms. The van der Waals surface area contributed by atoms with Gasteiger partial charge in [-0.3, -0.25) is 14.0 Å². The van der Waals surface area contributed by atoms with E-state index in [0.717, 1.165) is 0 Å². The highest BCUT2D eigenvalue weighted by Crippen LogP contribution is 2.17. The molecule has 1 aliphatic heterocycles. The number of aliphatic hydroxyl groups is 1. The lowest BCUT2D eigenvalue weighted by Gasteiger charge is -2.36. The van der Waals surface area contributed by atoms with Gasteiger partial charge in [0.15, 0.2) is 5.37 Å². The number of aliphatic hydroxyl groups excluding tert-OH is 1. The Bertz CT molecular complexity index is 459. The van der Waals surface area contributed by atoms with Crippen molar-refractivity contribution < 1.29 is 31.0 Å². The molecule has 0 amide bonds. The zero-order valence-electron chi connectivity index (χ0n) is 8.80. The van der Waals surface area contributed by atoms with E-state index in [-0.39, 0.29) is 32.8 Å². The second-order valence-corrected chi connectivity index (χ2v) is 6.52. The fraction of sp³-hybridized carbons (Fsp3) is 1.00.